The molecule has 116 valence electrons. The molecule has 0 radical (unpaired) electrons. The van der Waals surface area contributed by atoms with Gasteiger partial charge in [-0.25, -0.2) is 4.98 Å². The number of aliphatic hydroxyl groups excluding tert-OH is 1. The molecule has 0 saturated heterocycles. The maximum atomic E-state index is 12.3. The van der Waals surface area contributed by atoms with E-state index < -0.39 is 5.91 Å². The lowest BCUT2D eigenvalue weighted by Gasteiger charge is -2.25. The van der Waals surface area contributed by atoms with Crippen molar-refractivity contribution >= 4 is 11.6 Å². The van der Waals surface area contributed by atoms with Gasteiger partial charge in [0, 0.05) is 18.9 Å². The van der Waals surface area contributed by atoms with Gasteiger partial charge < -0.3 is 10.4 Å². The van der Waals surface area contributed by atoms with Crippen LogP contribution in [0.15, 0.2) is 35.4 Å². The Morgan fingerprint density at radius 2 is 2.27 bits per heavy atom. The van der Waals surface area contributed by atoms with Crippen molar-refractivity contribution in [2.75, 3.05) is 6.54 Å². The Labute approximate surface area is 127 Å². The van der Waals surface area contributed by atoms with Gasteiger partial charge in [-0.2, -0.15) is 0 Å². The minimum Gasteiger partial charge on any atom is -0.393 e. The number of aliphatic hydroxyl groups is 1. The van der Waals surface area contributed by atoms with Gasteiger partial charge >= 0.3 is 0 Å². The number of carbonyl (C=O) groups excluding carboxylic acids is 1. The summed E-state index contributed by atoms with van der Waals surface area (Å²) < 4.78 is 1.36. The summed E-state index contributed by atoms with van der Waals surface area (Å²) >= 11 is 0. The average Bonchev–Trinajstić information content (AvgIpc) is 2.53. The molecular formula is C16H19N3O3. The van der Waals surface area contributed by atoms with Gasteiger partial charge in [0.2, 0.25) is 0 Å². The highest BCUT2D eigenvalue weighted by atomic mass is 16.3. The van der Waals surface area contributed by atoms with Crippen LogP contribution in [-0.4, -0.2) is 33.0 Å². The fourth-order valence-electron chi connectivity index (χ4n) is 2.96. The van der Waals surface area contributed by atoms with Crippen LogP contribution in [0.1, 0.15) is 36.0 Å². The molecular weight excluding hydrogens is 282 g/mol. The van der Waals surface area contributed by atoms with Gasteiger partial charge in [0.15, 0.2) is 0 Å². The summed E-state index contributed by atoms with van der Waals surface area (Å²) in [6.45, 7) is 0.479. The zero-order valence-corrected chi connectivity index (χ0v) is 12.2. The smallest absolute Gasteiger partial charge is 0.270 e. The molecule has 2 heterocycles. The molecule has 1 saturated carbocycles. The Balaban J connectivity index is 1.72. The van der Waals surface area contributed by atoms with Crippen LogP contribution in [0.25, 0.3) is 5.65 Å². The number of aromatic nitrogens is 2. The van der Waals surface area contributed by atoms with Crippen LogP contribution in [0.5, 0.6) is 0 Å². The highest BCUT2D eigenvalue weighted by Gasteiger charge is 2.21. The summed E-state index contributed by atoms with van der Waals surface area (Å²) in [5.41, 5.74) is 0.186. The lowest BCUT2D eigenvalue weighted by Crippen LogP contribution is -2.36. The standard InChI is InChI=1S/C16H19N3O3/c20-12-5-3-4-11(8-12)9-18-15(21)13-10-17-14-6-1-2-7-19(14)16(13)22/h1-2,6-7,10-12,20H,3-5,8-9H2,(H,18,21). The molecule has 1 amide bonds. The quantitative estimate of drug-likeness (QED) is 0.885. The fourth-order valence-corrected chi connectivity index (χ4v) is 2.96. The van der Waals surface area contributed by atoms with E-state index in [1.807, 2.05) is 0 Å². The molecule has 1 aliphatic carbocycles. The maximum Gasteiger partial charge on any atom is 0.270 e. The Morgan fingerprint density at radius 1 is 1.41 bits per heavy atom. The third kappa shape index (κ3) is 3.01. The number of hydrogen-bond acceptors (Lipinski definition) is 4. The fraction of sp³-hybridized carbons (Fsp3) is 0.438. The third-order valence-electron chi connectivity index (χ3n) is 4.16. The second-order valence-electron chi connectivity index (χ2n) is 5.80. The summed E-state index contributed by atoms with van der Waals surface area (Å²) in [5, 5.41) is 12.4. The molecule has 1 fully saturated rings. The van der Waals surface area contributed by atoms with Crippen molar-refractivity contribution in [2.24, 2.45) is 5.92 Å². The summed E-state index contributed by atoms with van der Waals surface area (Å²) in [6.07, 6.45) is 6.15. The van der Waals surface area contributed by atoms with Gasteiger partial charge in [0.25, 0.3) is 11.5 Å². The molecule has 0 aliphatic heterocycles. The Morgan fingerprint density at radius 3 is 3.09 bits per heavy atom. The molecule has 0 spiro atoms. The number of nitrogens with zero attached hydrogens (tertiary/aromatic N) is 2. The van der Waals surface area contributed by atoms with Crippen molar-refractivity contribution in [1.82, 2.24) is 14.7 Å². The number of pyridine rings is 1. The van der Waals surface area contributed by atoms with Gasteiger partial charge in [0.1, 0.15) is 11.2 Å². The van der Waals surface area contributed by atoms with Crippen molar-refractivity contribution in [1.29, 1.82) is 0 Å². The van der Waals surface area contributed by atoms with Crippen molar-refractivity contribution < 1.29 is 9.90 Å². The van der Waals surface area contributed by atoms with Gasteiger partial charge in [-0.05, 0) is 37.3 Å². The first-order chi connectivity index (χ1) is 10.6. The van der Waals surface area contributed by atoms with Crippen molar-refractivity contribution in [3.8, 4) is 0 Å². The first-order valence-electron chi connectivity index (χ1n) is 7.58. The summed E-state index contributed by atoms with van der Waals surface area (Å²) in [5.74, 6) is -0.139. The molecule has 6 nitrogen and oxygen atoms in total. The first-order valence-corrected chi connectivity index (χ1v) is 7.58. The van der Waals surface area contributed by atoms with Crippen LogP contribution in [0.4, 0.5) is 0 Å². The highest BCUT2D eigenvalue weighted by Crippen LogP contribution is 2.23. The van der Waals surface area contributed by atoms with Crippen LogP contribution in [-0.2, 0) is 0 Å². The molecule has 22 heavy (non-hydrogen) atoms. The minimum absolute atomic E-state index is 0.0417. The molecule has 2 unspecified atom stereocenters. The van der Waals surface area contributed by atoms with E-state index in [-0.39, 0.29) is 23.1 Å². The van der Waals surface area contributed by atoms with E-state index in [1.54, 1.807) is 24.4 Å². The molecule has 0 aromatic carbocycles. The van der Waals surface area contributed by atoms with Crippen molar-refractivity contribution in [3.63, 3.8) is 0 Å². The largest absolute Gasteiger partial charge is 0.393 e. The maximum absolute atomic E-state index is 12.3. The first kappa shape index (κ1) is 14.7. The molecule has 2 N–H and O–H groups in total. The number of carbonyl (C=O) groups is 1. The summed E-state index contributed by atoms with van der Waals surface area (Å²) in [7, 11) is 0. The SMILES string of the molecule is O=C(NCC1CCCC(O)C1)c1cnc2ccccn2c1=O. The minimum atomic E-state index is -0.407. The Hall–Kier alpha value is -2.21. The van der Waals surface area contributed by atoms with E-state index in [0.717, 1.165) is 19.3 Å². The number of amides is 1. The number of fused-ring (bicyclic) bond motifs is 1. The predicted molar refractivity (Wildman–Crippen MR) is 81.8 cm³/mol. The number of nitrogens with one attached hydrogen (secondary N) is 1. The summed E-state index contributed by atoms with van der Waals surface area (Å²) in [4.78, 5) is 28.6. The van der Waals surface area contributed by atoms with E-state index in [1.165, 1.54) is 10.6 Å². The molecule has 2 atom stereocenters. The van der Waals surface area contributed by atoms with Crippen LogP contribution in [0.2, 0.25) is 0 Å². The molecule has 6 heteroatoms. The molecule has 2 aromatic heterocycles. The normalized spacial score (nSPS) is 21.7. The number of rotatable bonds is 3. The topological polar surface area (TPSA) is 83.7 Å². The highest BCUT2D eigenvalue weighted by molar-refractivity contribution is 5.93. The van der Waals surface area contributed by atoms with E-state index in [0.29, 0.717) is 18.6 Å². The van der Waals surface area contributed by atoms with Gasteiger partial charge in [-0.15, -0.1) is 0 Å². The zero-order valence-electron chi connectivity index (χ0n) is 12.2. The Kier molecular flexibility index (Phi) is 4.20. The van der Waals surface area contributed by atoms with E-state index in [2.05, 4.69) is 10.3 Å². The van der Waals surface area contributed by atoms with Crippen LogP contribution in [0, 0.1) is 5.92 Å². The lowest BCUT2D eigenvalue weighted by atomic mass is 9.87. The zero-order chi connectivity index (χ0) is 15.5. The van der Waals surface area contributed by atoms with Crippen LogP contribution < -0.4 is 10.9 Å². The van der Waals surface area contributed by atoms with E-state index in [9.17, 15) is 14.7 Å². The van der Waals surface area contributed by atoms with Crippen LogP contribution >= 0.6 is 0 Å². The Bertz CT molecular complexity index is 741. The predicted octanol–water partition coefficient (Wildman–Crippen LogP) is 0.975. The molecule has 2 aromatic rings. The van der Waals surface area contributed by atoms with Gasteiger partial charge in [0.05, 0.1) is 6.10 Å². The second kappa shape index (κ2) is 6.27. The number of hydrogen-bond donors (Lipinski definition) is 2. The summed E-state index contributed by atoms with van der Waals surface area (Å²) in [6, 6.07) is 5.23. The van der Waals surface area contributed by atoms with Gasteiger partial charge in [-0.1, -0.05) is 12.5 Å². The lowest BCUT2D eigenvalue weighted by molar-refractivity contribution is 0.0872. The van der Waals surface area contributed by atoms with Crippen molar-refractivity contribution in [2.45, 2.75) is 31.8 Å². The molecule has 0 bridgehead atoms. The van der Waals surface area contributed by atoms with Gasteiger partial charge in [-0.3, -0.25) is 14.0 Å². The monoisotopic (exact) mass is 301 g/mol. The van der Waals surface area contributed by atoms with Crippen molar-refractivity contribution in [3.05, 3.63) is 46.5 Å². The molecule has 1 aliphatic rings. The second-order valence-corrected chi connectivity index (χ2v) is 5.80. The average molecular weight is 301 g/mol. The molecule has 3 rings (SSSR count). The van der Waals surface area contributed by atoms with E-state index >= 15 is 0 Å². The van der Waals surface area contributed by atoms with E-state index in [4.69, 9.17) is 0 Å². The third-order valence-corrected chi connectivity index (χ3v) is 4.16. The van der Waals surface area contributed by atoms with Crippen LogP contribution in [0.3, 0.4) is 0 Å².